The lowest BCUT2D eigenvalue weighted by Gasteiger charge is -2.24. The first-order valence-electron chi connectivity index (χ1n) is 7.12. The summed E-state index contributed by atoms with van der Waals surface area (Å²) in [4.78, 5) is 38.3. The van der Waals surface area contributed by atoms with Crippen molar-refractivity contribution < 1.29 is 19.1 Å². The monoisotopic (exact) mass is 313 g/mol. The molecule has 0 fully saturated rings. The van der Waals surface area contributed by atoms with Crippen LogP contribution in [0.3, 0.4) is 0 Å². The summed E-state index contributed by atoms with van der Waals surface area (Å²) in [6, 6.07) is 8.31. The molecule has 23 heavy (non-hydrogen) atoms. The summed E-state index contributed by atoms with van der Waals surface area (Å²) in [7, 11) is 1.31. The van der Waals surface area contributed by atoms with E-state index >= 15 is 0 Å². The third kappa shape index (κ3) is 2.75. The highest BCUT2D eigenvalue weighted by Crippen LogP contribution is 2.36. The highest BCUT2D eigenvalue weighted by molar-refractivity contribution is 5.89. The summed E-state index contributed by atoms with van der Waals surface area (Å²) in [6.45, 7) is 1.73. The van der Waals surface area contributed by atoms with Gasteiger partial charge in [-0.15, -0.1) is 0 Å². The number of pyridine rings is 1. The lowest BCUT2D eigenvalue weighted by molar-refractivity contribution is -0.135. The van der Waals surface area contributed by atoms with Crippen LogP contribution in [0.4, 0.5) is 0 Å². The van der Waals surface area contributed by atoms with Gasteiger partial charge in [-0.2, -0.15) is 0 Å². The third-order valence-corrected chi connectivity index (χ3v) is 3.85. The van der Waals surface area contributed by atoms with Crippen molar-refractivity contribution in [3.8, 4) is 5.75 Å². The Hall–Kier alpha value is -2.89. The van der Waals surface area contributed by atoms with Crippen LogP contribution in [0.15, 0.2) is 35.1 Å². The second-order valence-electron chi connectivity index (χ2n) is 5.40. The number of hydrogen-bond donors (Lipinski definition) is 1. The van der Waals surface area contributed by atoms with Crippen LogP contribution in [-0.2, 0) is 9.53 Å². The number of fused-ring (bicyclic) bond motifs is 1. The first-order chi connectivity index (χ1) is 11.0. The molecule has 0 saturated carbocycles. The molecule has 0 bridgehead atoms. The van der Waals surface area contributed by atoms with Gasteiger partial charge in [0.05, 0.1) is 24.7 Å². The molecule has 1 aliphatic rings. The summed E-state index contributed by atoms with van der Waals surface area (Å²) in [6.07, 6.45) is 0.0801. The van der Waals surface area contributed by atoms with Crippen LogP contribution in [0.25, 0.3) is 0 Å². The van der Waals surface area contributed by atoms with Crippen molar-refractivity contribution in [2.75, 3.05) is 7.11 Å². The Kier molecular flexibility index (Phi) is 3.73. The minimum absolute atomic E-state index is 0.0801. The normalized spacial score (nSPS) is 16.4. The van der Waals surface area contributed by atoms with Crippen molar-refractivity contribution in [2.24, 2.45) is 0 Å². The fourth-order valence-electron chi connectivity index (χ4n) is 2.77. The van der Waals surface area contributed by atoms with Crippen LogP contribution < -0.4 is 10.3 Å². The van der Waals surface area contributed by atoms with Crippen molar-refractivity contribution in [1.29, 1.82) is 0 Å². The van der Waals surface area contributed by atoms with Gasteiger partial charge >= 0.3 is 11.9 Å². The molecule has 0 spiro atoms. The average Bonchev–Trinajstić information content (AvgIpc) is 2.52. The summed E-state index contributed by atoms with van der Waals surface area (Å²) in [5, 5.41) is 0. The smallest absolute Gasteiger partial charge is 0.337 e. The van der Waals surface area contributed by atoms with Crippen LogP contribution in [0, 0.1) is 6.92 Å². The molecule has 1 N–H and O–H groups in total. The highest BCUT2D eigenvalue weighted by atomic mass is 16.5. The van der Waals surface area contributed by atoms with Crippen LogP contribution in [0.2, 0.25) is 0 Å². The number of nitrogens with one attached hydrogen (secondary N) is 1. The molecule has 1 atom stereocenters. The number of carbonyl (C=O) groups excluding carboxylic acids is 2. The molecule has 0 amide bonds. The van der Waals surface area contributed by atoms with Gasteiger partial charge in [-0.1, -0.05) is 12.1 Å². The molecule has 0 aliphatic carbocycles. The second-order valence-corrected chi connectivity index (χ2v) is 5.40. The zero-order valence-electron chi connectivity index (χ0n) is 12.7. The minimum atomic E-state index is -0.437. The van der Waals surface area contributed by atoms with E-state index in [1.54, 1.807) is 37.3 Å². The average molecular weight is 313 g/mol. The van der Waals surface area contributed by atoms with Crippen LogP contribution >= 0.6 is 0 Å². The molecule has 118 valence electrons. The number of carbonyl (C=O) groups is 2. The molecule has 2 aromatic rings. The third-order valence-electron chi connectivity index (χ3n) is 3.85. The molecule has 0 radical (unpaired) electrons. The van der Waals surface area contributed by atoms with Gasteiger partial charge in [-0.25, -0.2) is 4.79 Å². The molecule has 6 heteroatoms. The standard InChI is InChI=1S/C17H15NO5/c1-9-7-13-15(16(20)18-9)12(8-14(19)23-13)10-3-5-11(6-4-10)17(21)22-2/h3-7,12H,8H2,1-2H3,(H,18,20). The molecular formula is C17H15NO5. The maximum absolute atomic E-state index is 12.3. The number of hydrogen-bond acceptors (Lipinski definition) is 5. The topological polar surface area (TPSA) is 85.5 Å². The van der Waals surface area contributed by atoms with Gasteiger partial charge in [0.2, 0.25) is 0 Å². The van der Waals surface area contributed by atoms with E-state index in [1.165, 1.54) is 7.11 Å². The quantitative estimate of drug-likeness (QED) is 0.856. The Labute approximate surface area is 132 Å². The van der Waals surface area contributed by atoms with Gasteiger partial charge in [-0.3, -0.25) is 9.59 Å². The molecule has 6 nitrogen and oxygen atoms in total. The predicted molar refractivity (Wildman–Crippen MR) is 81.7 cm³/mol. The fourth-order valence-corrected chi connectivity index (χ4v) is 2.77. The first-order valence-corrected chi connectivity index (χ1v) is 7.12. The van der Waals surface area contributed by atoms with Crippen molar-refractivity contribution in [3.63, 3.8) is 0 Å². The summed E-state index contributed by atoms with van der Waals surface area (Å²) in [5.74, 6) is -0.926. The largest absolute Gasteiger partial charge is 0.465 e. The van der Waals surface area contributed by atoms with Crippen molar-refractivity contribution in [3.05, 3.63) is 63.1 Å². The van der Waals surface area contributed by atoms with E-state index in [2.05, 4.69) is 9.72 Å². The van der Waals surface area contributed by atoms with Crippen LogP contribution in [0.5, 0.6) is 5.75 Å². The number of esters is 2. The summed E-state index contributed by atoms with van der Waals surface area (Å²) in [5.41, 5.74) is 1.97. The SMILES string of the molecule is COC(=O)c1ccc(C2CC(=O)Oc3cc(C)[nH]c(=O)c32)cc1. The Morgan fingerprint density at radius 2 is 1.96 bits per heavy atom. The second kappa shape index (κ2) is 5.72. The Morgan fingerprint density at radius 3 is 2.61 bits per heavy atom. The van der Waals surface area contributed by atoms with Crippen LogP contribution in [0.1, 0.15) is 39.5 Å². The van der Waals surface area contributed by atoms with Crippen LogP contribution in [-0.4, -0.2) is 24.0 Å². The number of aromatic nitrogens is 1. The minimum Gasteiger partial charge on any atom is -0.465 e. The predicted octanol–water partition coefficient (Wildman–Crippen LogP) is 1.91. The number of aryl methyl sites for hydroxylation is 1. The number of H-pyrrole nitrogens is 1. The Bertz CT molecular complexity index is 835. The van der Waals surface area contributed by atoms with E-state index in [-0.39, 0.29) is 17.9 Å². The molecule has 2 heterocycles. The molecule has 3 rings (SSSR count). The summed E-state index contributed by atoms with van der Waals surface area (Å²) < 4.78 is 9.85. The Morgan fingerprint density at radius 1 is 1.26 bits per heavy atom. The molecular weight excluding hydrogens is 298 g/mol. The van der Waals surface area contributed by atoms with Gasteiger partial charge < -0.3 is 14.5 Å². The highest BCUT2D eigenvalue weighted by Gasteiger charge is 2.31. The number of benzene rings is 1. The molecule has 1 aromatic heterocycles. The van der Waals surface area contributed by atoms with Gasteiger partial charge in [0.15, 0.2) is 0 Å². The molecule has 1 unspecified atom stereocenters. The maximum atomic E-state index is 12.3. The lowest BCUT2D eigenvalue weighted by Crippen LogP contribution is -2.28. The van der Waals surface area contributed by atoms with Crippen molar-refractivity contribution >= 4 is 11.9 Å². The van der Waals surface area contributed by atoms with Crippen molar-refractivity contribution in [1.82, 2.24) is 4.98 Å². The van der Waals surface area contributed by atoms with Crippen molar-refractivity contribution in [2.45, 2.75) is 19.3 Å². The van der Waals surface area contributed by atoms with Gasteiger partial charge in [0, 0.05) is 17.7 Å². The molecule has 1 aromatic carbocycles. The van der Waals surface area contributed by atoms with Gasteiger partial charge in [0.1, 0.15) is 5.75 Å². The van der Waals surface area contributed by atoms with E-state index in [0.29, 0.717) is 22.6 Å². The van der Waals surface area contributed by atoms with E-state index < -0.39 is 11.9 Å². The number of aromatic amines is 1. The van der Waals surface area contributed by atoms with E-state index in [9.17, 15) is 14.4 Å². The number of rotatable bonds is 2. The van der Waals surface area contributed by atoms with E-state index in [1.807, 2.05) is 0 Å². The molecule has 1 aliphatic heterocycles. The van der Waals surface area contributed by atoms with E-state index in [0.717, 1.165) is 5.56 Å². The first kappa shape index (κ1) is 15.0. The zero-order chi connectivity index (χ0) is 16.6. The van der Waals surface area contributed by atoms with E-state index in [4.69, 9.17) is 4.74 Å². The number of ether oxygens (including phenoxy) is 2. The van der Waals surface area contributed by atoms with Gasteiger partial charge in [0.25, 0.3) is 5.56 Å². The maximum Gasteiger partial charge on any atom is 0.337 e. The fraction of sp³-hybridized carbons (Fsp3) is 0.235. The molecule has 0 saturated heterocycles. The lowest BCUT2D eigenvalue weighted by atomic mass is 9.86. The van der Waals surface area contributed by atoms with Gasteiger partial charge in [-0.05, 0) is 24.6 Å². The zero-order valence-corrected chi connectivity index (χ0v) is 12.7. The number of methoxy groups -OCH3 is 1. The Balaban J connectivity index is 2.06. The summed E-state index contributed by atoms with van der Waals surface area (Å²) >= 11 is 0.